The summed E-state index contributed by atoms with van der Waals surface area (Å²) in [5.74, 6) is 1.35. The van der Waals surface area contributed by atoms with E-state index in [9.17, 15) is 13.2 Å². The van der Waals surface area contributed by atoms with Crippen LogP contribution in [-0.2, 0) is 6.18 Å². The minimum absolute atomic E-state index is 0.0280. The molecular weight excluding hydrogens is 361 g/mol. The van der Waals surface area contributed by atoms with Crippen molar-refractivity contribution in [1.29, 1.82) is 0 Å². The van der Waals surface area contributed by atoms with Gasteiger partial charge in [-0.2, -0.15) is 13.2 Å². The van der Waals surface area contributed by atoms with Crippen molar-refractivity contribution < 1.29 is 27.4 Å². The SMILES string of the molecule is COc1ccc2nc(Nc3ccc(OC)c(OC)c3)cc(C(F)(F)F)c2c1. The summed E-state index contributed by atoms with van der Waals surface area (Å²) < 4.78 is 56.1. The minimum atomic E-state index is -4.54. The predicted molar refractivity (Wildman–Crippen MR) is 96.1 cm³/mol. The number of alkyl halides is 3. The zero-order chi connectivity index (χ0) is 19.6. The predicted octanol–water partition coefficient (Wildman–Crippen LogP) is 5.02. The fourth-order valence-corrected chi connectivity index (χ4v) is 2.69. The lowest BCUT2D eigenvalue weighted by Crippen LogP contribution is -2.08. The number of ether oxygens (including phenoxy) is 3. The Balaban J connectivity index is 2.07. The lowest BCUT2D eigenvalue weighted by molar-refractivity contribution is -0.136. The molecule has 2 aromatic carbocycles. The standard InChI is InChI=1S/C19H17F3N2O3/c1-25-12-5-6-15-13(9-12)14(19(20,21)22)10-18(24-15)23-11-4-7-16(26-2)17(8-11)27-3/h4-10H,1-3H3,(H,23,24). The molecule has 142 valence electrons. The van der Waals surface area contributed by atoms with Gasteiger partial charge in [0.25, 0.3) is 0 Å². The molecule has 8 heteroatoms. The summed E-state index contributed by atoms with van der Waals surface area (Å²) in [5, 5.41) is 2.86. The first-order valence-corrected chi connectivity index (χ1v) is 7.90. The molecule has 1 heterocycles. The number of hydrogen-bond donors (Lipinski definition) is 1. The lowest BCUT2D eigenvalue weighted by Gasteiger charge is -2.15. The molecule has 0 saturated carbocycles. The molecule has 0 amide bonds. The lowest BCUT2D eigenvalue weighted by atomic mass is 10.1. The maximum atomic E-state index is 13.6. The molecule has 1 N–H and O–H groups in total. The van der Waals surface area contributed by atoms with Crippen LogP contribution in [0.4, 0.5) is 24.7 Å². The molecule has 0 fully saturated rings. The maximum Gasteiger partial charge on any atom is 0.417 e. The summed E-state index contributed by atoms with van der Waals surface area (Å²) in [6.45, 7) is 0. The van der Waals surface area contributed by atoms with E-state index < -0.39 is 11.7 Å². The topological polar surface area (TPSA) is 52.6 Å². The number of aromatic nitrogens is 1. The Morgan fingerprint density at radius 2 is 1.59 bits per heavy atom. The Morgan fingerprint density at radius 1 is 0.852 bits per heavy atom. The second kappa shape index (κ2) is 7.22. The van der Waals surface area contributed by atoms with Crippen molar-refractivity contribution in [1.82, 2.24) is 4.98 Å². The number of nitrogens with one attached hydrogen (secondary N) is 1. The van der Waals surface area contributed by atoms with Crippen LogP contribution >= 0.6 is 0 Å². The van der Waals surface area contributed by atoms with E-state index >= 15 is 0 Å². The van der Waals surface area contributed by atoms with Crippen molar-refractivity contribution >= 4 is 22.4 Å². The van der Waals surface area contributed by atoms with Crippen LogP contribution in [0.25, 0.3) is 10.9 Å². The maximum absolute atomic E-state index is 13.6. The van der Waals surface area contributed by atoms with E-state index in [1.807, 2.05) is 0 Å². The van der Waals surface area contributed by atoms with Crippen molar-refractivity contribution in [2.75, 3.05) is 26.6 Å². The fraction of sp³-hybridized carbons (Fsp3) is 0.211. The molecule has 0 saturated heterocycles. The highest BCUT2D eigenvalue weighted by atomic mass is 19.4. The van der Waals surface area contributed by atoms with E-state index in [-0.39, 0.29) is 16.7 Å². The van der Waals surface area contributed by atoms with Gasteiger partial charge in [-0.15, -0.1) is 0 Å². The van der Waals surface area contributed by atoms with Crippen molar-refractivity contribution in [3.05, 3.63) is 48.0 Å². The van der Waals surface area contributed by atoms with Crippen molar-refractivity contribution in [3.63, 3.8) is 0 Å². The molecule has 3 rings (SSSR count). The van der Waals surface area contributed by atoms with Gasteiger partial charge in [0.1, 0.15) is 11.6 Å². The molecule has 27 heavy (non-hydrogen) atoms. The molecule has 0 aliphatic rings. The number of fused-ring (bicyclic) bond motifs is 1. The summed E-state index contributed by atoms with van der Waals surface area (Å²) in [6.07, 6.45) is -4.54. The van der Waals surface area contributed by atoms with E-state index in [1.54, 1.807) is 24.3 Å². The van der Waals surface area contributed by atoms with Gasteiger partial charge in [0.2, 0.25) is 0 Å². The van der Waals surface area contributed by atoms with E-state index in [0.717, 1.165) is 6.07 Å². The summed E-state index contributed by atoms with van der Waals surface area (Å²) in [7, 11) is 4.37. The van der Waals surface area contributed by atoms with Gasteiger partial charge in [-0.05, 0) is 36.4 Å². The molecule has 3 aromatic rings. The molecule has 0 unspecified atom stereocenters. The third-order valence-electron chi connectivity index (χ3n) is 3.98. The van der Waals surface area contributed by atoms with Crippen LogP contribution in [0.5, 0.6) is 17.2 Å². The highest BCUT2D eigenvalue weighted by Gasteiger charge is 2.33. The molecule has 1 aromatic heterocycles. The normalized spacial score (nSPS) is 11.3. The average Bonchev–Trinajstić information content (AvgIpc) is 2.66. The number of anilines is 2. The van der Waals surface area contributed by atoms with Crippen LogP contribution in [-0.4, -0.2) is 26.3 Å². The Labute approximate surface area is 153 Å². The molecule has 0 aliphatic heterocycles. The monoisotopic (exact) mass is 378 g/mol. The first-order chi connectivity index (χ1) is 12.9. The average molecular weight is 378 g/mol. The second-order valence-corrected chi connectivity index (χ2v) is 5.63. The van der Waals surface area contributed by atoms with Crippen molar-refractivity contribution in [2.24, 2.45) is 0 Å². The van der Waals surface area contributed by atoms with E-state index in [2.05, 4.69) is 10.3 Å². The highest BCUT2D eigenvalue weighted by molar-refractivity contribution is 5.86. The van der Waals surface area contributed by atoms with Crippen LogP contribution in [0.15, 0.2) is 42.5 Å². The zero-order valence-corrected chi connectivity index (χ0v) is 14.8. The Morgan fingerprint density at radius 3 is 2.22 bits per heavy atom. The largest absolute Gasteiger partial charge is 0.497 e. The molecule has 0 atom stereocenters. The molecule has 0 bridgehead atoms. The van der Waals surface area contributed by atoms with Gasteiger partial charge in [0.15, 0.2) is 11.5 Å². The second-order valence-electron chi connectivity index (χ2n) is 5.63. The zero-order valence-electron chi connectivity index (χ0n) is 14.8. The minimum Gasteiger partial charge on any atom is -0.497 e. The smallest absolute Gasteiger partial charge is 0.417 e. The first kappa shape index (κ1) is 18.6. The molecule has 0 aliphatic carbocycles. The molecular formula is C19H17F3N2O3. The van der Waals surface area contributed by atoms with Gasteiger partial charge in [0, 0.05) is 17.1 Å². The Kier molecular flexibility index (Phi) is 4.98. The Bertz CT molecular complexity index is 974. The highest BCUT2D eigenvalue weighted by Crippen LogP contribution is 2.38. The van der Waals surface area contributed by atoms with Crippen LogP contribution in [0.1, 0.15) is 5.56 Å². The molecule has 0 spiro atoms. The van der Waals surface area contributed by atoms with Crippen molar-refractivity contribution in [3.8, 4) is 17.2 Å². The Hall–Kier alpha value is -3.16. The van der Waals surface area contributed by atoms with Gasteiger partial charge < -0.3 is 19.5 Å². The van der Waals surface area contributed by atoms with E-state index in [0.29, 0.717) is 22.9 Å². The molecule has 0 radical (unpaired) electrons. The van der Waals surface area contributed by atoms with E-state index in [4.69, 9.17) is 14.2 Å². The summed E-state index contributed by atoms with van der Waals surface area (Å²) in [5.41, 5.74) is -0.0795. The fourth-order valence-electron chi connectivity index (χ4n) is 2.69. The number of rotatable bonds is 5. The quantitative estimate of drug-likeness (QED) is 0.675. The number of nitrogens with zero attached hydrogens (tertiary/aromatic N) is 1. The van der Waals surface area contributed by atoms with E-state index in [1.165, 1.54) is 33.5 Å². The summed E-state index contributed by atoms with van der Waals surface area (Å²) in [4.78, 5) is 4.28. The first-order valence-electron chi connectivity index (χ1n) is 7.90. The summed E-state index contributed by atoms with van der Waals surface area (Å²) >= 11 is 0. The number of hydrogen-bond acceptors (Lipinski definition) is 5. The molecule has 5 nitrogen and oxygen atoms in total. The van der Waals surface area contributed by atoms with Gasteiger partial charge in [0.05, 0.1) is 32.4 Å². The number of halogens is 3. The van der Waals surface area contributed by atoms with Crippen LogP contribution < -0.4 is 19.5 Å². The number of benzene rings is 2. The van der Waals surface area contributed by atoms with Gasteiger partial charge in [-0.3, -0.25) is 0 Å². The number of methoxy groups -OCH3 is 3. The van der Waals surface area contributed by atoms with Gasteiger partial charge in [-0.1, -0.05) is 0 Å². The van der Waals surface area contributed by atoms with Crippen LogP contribution in [0, 0.1) is 0 Å². The number of pyridine rings is 1. The summed E-state index contributed by atoms with van der Waals surface area (Å²) in [6, 6.07) is 10.3. The third-order valence-corrected chi connectivity index (χ3v) is 3.98. The van der Waals surface area contributed by atoms with Gasteiger partial charge >= 0.3 is 6.18 Å². The van der Waals surface area contributed by atoms with Crippen LogP contribution in [0.2, 0.25) is 0 Å². The van der Waals surface area contributed by atoms with Gasteiger partial charge in [-0.25, -0.2) is 4.98 Å². The third kappa shape index (κ3) is 3.84. The van der Waals surface area contributed by atoms with Crippen molar-refractivity contribution in [2.45, 2.75) is 6.18 Å². The van der Waals surface area contributed by atoms with Crippen LogP contribution in [0.3, 0.4) is 0 Å².